The van der Waals surface area contributed by atoms with Crippen LogP contribution in [0.5, 0.6) is 0 Å². The molecule has 0 saturated heterocycles. The van der Waals surface area contributed by atoms with E-state index in [0.717, 1.165) is 27.1 Å². The molecule has 0 unspecified atom stereocenters. The molecule has 0 spiro atoms. The summed E-state index contributed by atoms with van der Waals surface area (Å²) >= 11 is 16.0. The SMILES string of the molecule is Cc1nn(CCC(=O)Nc2c(C)nn(Cc3c(Cl)cccc3Cl)c2C)cc1Br. The second-order valence-electron chi connectivity index (χ2n) is 6.53. The summed E-state index contributed by atoms with van der Waals surface area (Å²) in [6, 6.07) is 5.40. The third kappa shape index (κ3) is 4.59. The van der Waals surface area contributed by atoms with Crippen LogP contribution in [-0.4, -0.2) is 25.5 Å². The highest BCUT2D eigenvalue weighted by Gasteiger charge is 2.16. The normalized spacial score (nSPS) is 11.1. The van der Waals surface area contributed by atoms with E-state index in [2.05, 4.69) is 31.4 Å². The second kappa shape index (κ2) is 8.68. The van der Waals surface area contributed by atoms with Crippen LogP contribution in [0.2, 0.25) is 10.0 Å². The van der Waals surface area contributed by atoms with Gasteiger partial charge in [0.1, 0.15) is 0 Å². The maximum absolute atomic E-state index is 12.4. The van der Waals surface area contributed by atoms with Gasteiger partial charge in [0.05, 0.1) is 33.8 Å². The van der Waals surface area contributed by atoms with Crippen molar-refractivity contribution in [2.24, 2.45) is 0 Å². The largest absolute Gasteiger partial charge is 0.323 e. The Morgan fingerprint density at radius 1 is 1.14 bits per heavy atom. The van der Waals surface area contributed by atoms with Gasteiger partial charge >= 0.3 is 0 Å². The molecule has 0 aliphatic rings. The molecule has 9 heteroatoms. The van der Waals surface area contributed by atoms with E-state index < -0.39 is 0 Å². The number of aromatic nitrogens is 4. The van der Waals surface area contributed by atoms with Gasteiger partial charge in [0.2, 0.25) is 5.91 Å². The van der Waals surface area contributed by atoms with E-state index in [1.54, 1.807) is 27.6 Å². The smallest absolute Gasteiger partial charge is 0.226 e. The van der Waals surface area contributed by atoms with Crippen LogP contribution in [0.15, 0.2) is 28.9 Å². The quantitative estimate of drug-likeness (QED) is 0.526. The molecule has 2 heterocycles. The molecule has 0 fully saturated rings. The minimum Gasteiger partial charge on any atom is -0.323 e. The zero-order chi connectivity index (χ0) is 20.4. The Hall–Kier alpha value is -1.83. The lowest BCUT2D eigenvalue weighted by molar-refractivity contribution is -0.116. The molecule has 148 valence electrons. The van der Waals surface area contributed by atoms with Crippen molar-refractivity contribution in [3.05, 3.63) is 61.6 Å². The molecule has 6 nitrogen and oxygen atoms in total. The molecule has 0 bridgehead atoms. The lowest BCUT2D eigenvalue weighted by Crippen LogP contribution is -2.16. The number of hydrogen-bond acceptors (Lipinski definition) is 3. The summed E-state index contributed by atoms with van der Waals surface area (Å²) in [6.45, 7) is 6.62. The van der Waals surface area contributed by atoms with Gasteiger partial charge in [-0.2, -0.15) is 10.2 Å². The van der Waals surface area contributed by atoms with E-state index in [1.807, 2.05) is 27.0 Å². The fourth-order valence-corrected chi connectivity index (χ4v) is 3.72. The summed E-state index contributed by atoms with van der Waals surface area (Å²) in [4.78, 5) is 12.4. The molecule has 0 atom stereocenters. The average molecular weight is 485 g/mol. The van der Waals surface area contributed by atoms with Crippen molar-refractivity contribution in [3.8, 4) is 0 Å². The van der Waals surface area contributed by atoms with E-state index in [-0.39, 0.29) is 5.91 Å². The highest BCUT2D eigenvalue weighted by molar-refractivity contribution is 9.10. The molecule has 2 aromatic heterocycles. The molecule has 0 radical (unpaired) electrons. The van der Waals surface area contributed by atoms with Crippen LogP contribution in [-0.2, 0) is 17.9 Å². The molecule has 1 N–H and O–H groups in total. The van der Waals surface area contributed by atoms with Crippen molar-refractivity contribution in [1.82, 2.24) is 19.6 Å². The zero-order valence-corrected chi connectivity index (χ0v) is 18.9. The van der Waals surface area contributed by atoms with Crippen molar-refractivity contribution in [1.29, 1.82) is 0 Å². The van der Waals surface area contributed by atoms with Crippen LogP contribution in [0.3, 0.4) is 0 Å². The highest BCUT2D eigenvalue weighted by Crippen LogP contribution is 2.27. The first-order valence-corrected chi connectivity index (χ1v) is 10.3. The standard InChI is InChI=1S/C19H20BrCl2N5O/c1-11-15(20)10-26(24-11)8-7-18(28)23-19-12(2)25-27(13(19)3)9-14-16(21)5-4-6-17(14)22/h4-6,10H,7-9H2,1-3H3,(H,23,28). The van der Waals surface area contributed by atoms with Crippen LogP contribution in [0.4, 0.5) is 5.69 Å². The van der Waals surface area contributed by atoms with E-state index >= 15 is 0 Å². The first-order valence-electron chi connectivity index (χ1n) is 8.72. The van der Waals surface area contributed by atoms with Gasteiger partial charge in [-0.25, -0.2) is 0 Å². The van der Waals surface area contributed by atoms with Gasteiger partial charge in [-0.15, -0.1) is 0 Å². The minimum atomic E-state index is -0.0919. The van der Waals surface area contributed by atoms with Gasteiger partial charge in [0, 0.05) is 34.8 Å². The van der Waals surface area contributed by atoms with E-state index in [1.165, 1.54) is 0 Å². The van der Waals surface area contributed by atoms with Gasteiger partial charge in [0.25, 0.3) is 0 Å². The number of carbonyl (C=O) groups excluding carboxylic acids is 1. The molecule has 3 aromatic rings. The predicted molar refractivity (Wildman–Crippen MR) is 115 cm³/mol. The maximum atomic E-state index is 12.4. The number of amides is 1. The van der Waals surface area contributed by atoms with Crippen molar-refractivity contribution < 1.29 is 4.79 Å². The summed E-state index contributed by atoms with van der Waals surface area (Å²) in [5.74, 6) is -0.0919. The van der Waals surface area contributed by atoms with Crippen LogP contribution < -0.4 is 5.32 Å². The van der Waals surface area contributed by atoms with Crippen LogP contribution in [0.25, 0.3) is 0 Å². The van der Waals surface area contributed by atoms with E-state index in [9.17, 15) is 4.79 Å². The maximum Gasteiger partial charge on any atom is 0.226 e. The van der Waals surface area contributed by atoms with Crippen LogP contribution in [0.1, 0.15) is 29.1 Å². The molecular weight excluding hydrogens is 465 g/mol. The Morgan fingerprint density at radius 3 is 2.43 bits per heavy atom. The number of halogens is 3. The third-order valence-corrected chi connectivity index (χ3v) is 5.96. The fraction of sp³-hybridized carbons (Fsp3) is 0.316. The first kappa shape index (κ1) is 20.9. The Bertz CT molecular complexity index is 988. The van der Waals surface area contributed by atoms with E-state index in [4.69, 9.17) is 23.2 Å². The Kier molecular flexibility index (Phi) is 6.47. The lowest BCUT2D eigenvalue weighted by atomic mass is 10.2. The van der Waals surface area contributed by atoms with E-state index in [0.29, 0.717) is 35.2 Å². The van der Waals surface area contributed by atoms with Gasteiger partial charge < -0.3 is 5.32 Å². The minimum absolute atomic E-state index is 0.0919. The van der Waals surface area contributed by atoms with Crippen molar-refractivity contribution in [2.75, 3.05) is 5.32 Å². The molecular formula is C19H20BrCl2N5O. The van der Waals surface area contributed by atoms with Crippen LogP contribution >= 0.6 is 39.1 Å². The first-order chi connectivity index (χ1) is 13.3. The molecule has 1 amide bonds. The monoisotopic (exact) mass is 483 g/mol. The number of rotatable bonds is 6. The molecule has 28 heavy (non-hydrogen) atoms. The highest BCUT2D eigenvalue weighted by atomic mass is 79.9. The van der Waals surface area contributed by atoms with Gasteiger partial charge in [0.15, 0.2) is 0 Å². The summed E-state index contributed by atoms with van der Waals surface area (Å²) in [7, 11) is 0. The number of nitrogens with zero attached hydrogens (tertiary/aromatic N) is 4. The summed E-state index contributed by atoms with van der Waals surface area (Å²) in [5.41, 5.74) is 4.00. The Morgan fingerprint density at radius 2 is 1.82 bits per heavy atom. The molecule has 3 rings (SSSR count). The molecule has 0 saturated carbocycles. The van der Waals surface area contributed by atoms with Crippen LogP contribution in [0, 0.1) is 20.8 Å². The molecule has 0 aliphatic heterocycles. The number of hydrogen-bond donors (Lipinski definition) is 1. The lowest BCUT2D eigenvalue weighted by Gasteiger charge is -2.10. The topological polar surface area (TPSA) is 64.7 Å². The number of carbonyl (C=O) groups is 1. The summed E-state index contributed by atoms with van der Waals surface area (Å²) < 4.78 is 4.48. The average Bonchev–Trinajstić information content (AvgIpc) is 3.09. The third-order valence-electron chi connectivity index (χ3n) is 4.47. The number of benzene rings is 1. The Labute approximate surface area is 182 Å². The Balaban J connectivity index is 1.70. The van der Waals surface area contributed by atoms with Crippen molar-refractivity contribution in [3.63, 3.8) is 0 Å². The van der Waals surface area contributed by atoms with Gasteiger partial charge in [-0.05, 0) is 48.8 Å². The van der Waals surface area contributed by atoms with Gasteiger partial charge in [-0.1, -0.05) is 29.3 Å². The predicted octanol–water partition coefficient (Wildman–Crippen LogP) is 5.15. The fourth-order valence-electron chi connectivity index (χ4n) is 2.89. The molecule has 0 aliphatic carbocycles. The van der Waals surface area contributed by atoms with Crippen molar-refractivity contribution >= 4 is 50.7 Å². The zero-order valence-electron chi connectivity index (χ0n) is 15.8. The number of anilines is 1. The number of nitrogens with one attached hydrogen (secondary N) is 1. The second-order valence-corrected chi connectivity index (χ2v) is 8.20. The number of aryl methyl sites for hydroxylation is 3. The van der Waals surface area contributed by atoms with Gasteiger partial charge in [-0.3, -0.25) is 14.2 Å². The summed E-state index contributed by atoms with van der Waals surface area (Å²) in [5, 5.41) is 13.0. The molecule has 1 aromatic carbocycles. The summed E-state index contributed by atoms with van der Waals surface area (Å²) in [6.07, 6.45) is 2.18. The van der Waals surface area contributed by atoms with Crippen molar-refractivity contribution in [2.45, 2.75) is 40.3 Å².